The first-order valence-electron chi connectivity index (χ1n) is 6.27. The number of methoxy groups -OCH3 is 1. The van der Waals surface area contributed by atoms with E-state index in [0.717, 1.165) is 16.8 Å². The fourth-order valence-electron chi connectivity index (χ4n) is 2.02. The Kier molecular flexibility index (Phi) is 3.94. The van der Waals surface area contributed by atoms with Crippen molar-refractivity contribution in [3.05, 3.63) is 53.1 Å². The van der Waals surface area contributed by atoms with Crippen LogP contribution in [0.15, 0.2) is 36.4 Å². The van der Waals surface area contributed by atoms with Crippen LogP contribution in [0.4, 0.5) is 5.69 Å². The van der Waals surface area contributed by atoms with Gasteiger partial charge in [-0.2, -0.15) is 0 Å². The fourth-order valence-corrected chi connectivity index (χ4v) is 2.02. The van der Waals surface area contributed by atoms with E-state index in [0.29, 0.717) is 5.56 Å². The van der Waals surface area contributed by atoms with Gasteiger partial charge in [-0.1, -0.05) is 18.2 Å². The van der Waals surface area contributed by atoms with Gasteiger partial charge in [0.15, 0.2) is 11.5 Å². The van der Waals surface area contributed by atoms with E-state index in [1.807, 2.05) is 32.0 Å². The number of aryl methyl sites for hydroxylation is 2. The molecule has 0 fully saturated rings. The number of aromatic hydroxyl groups is 1. The van der Waals surface area contributed by atoms with Gasteiger partial charge in [0.05, 0.1) is 7.11 Å². The lowest BCUT2D eigenvalue weighted by Gasteiger charge is -2.12. The van der Waals surface area contributed by atoms with Crippen molar-refractivity contribution >= 4 is 11.6 Å². The van der Waals surface area contributed by atoms with Gasteiger partial charge in [0.25, 0.3) is 5.91 Å². The summed E-state index contributed by atoms with van der Waals surface area (Å²) >= 11 is 0. The van der Waals surface area contributed by atoms with E-state index >= 15 is 0 Å². The number of phenolic OH excluding ortho intramolecular Hbond substituents is 1. The molecule has 2 aromatic rings. The molecule has 2 rings (SSSR count). The third kappa shape index (κ3) is 2.74. The number of carbonyl (C=O) groups is 1. The van der Waals surface area contributed by atoms with E-state index in [1.54, 1.807) is 6.07 Å². The van der Waals surface area contributed by atoms with Crippen molar-refractivity contribution in [2.24, 2.45) is 0 Å². The quantitative estimate of drug-likeness (QED) is 0.900. The molecule has 2 aromatic carbocycles. The number of hydrogen-bond donors (Lipinski definition) is 2. The predicted octanol–water partition coefficient (Wildman–Crippen LogP) is 3.27. The zero-order valence-corrected chi connectivity index (χ0v) is 11.7. The van der Waals surface area contributed by atoms with Gasteiger partial charge in [0, 0.05) is 11.3 Å². The Balaban J connectivity index is 2.29. The molecule has 0 aliphatic heterocycles. The lowest BCUT2D eigenvalue weighted by molar-refractivity contribution is 0.102. The summed E-state index contributed by atoms with van der Waals surface area (Å²) in [6.45, 7) is 3.89. The van der Waals surface area contributed by atoms with Crippen LogP contribution in [0.25, 0.3) is 0 Å². The van der Waals surface area contributed by atoms with E-state index in [1.165, 1.54) is 19.2 Å². The summed E-state index contributed by atoms with van der Waals surface area (Å²) in [4.78, 5) is 12.2. The van der Waals surface area contributed by atoms with Crippen LogP contribution in [-0.2, 0) is 0 Å². The van der Waals surface area contributed by atoms with E-state index < -0.39 is 0 Å². The van der Waals surface area contributed by atoms with E-state index in [4.69, 9.17) is 4.74 Å². The zero-order valence-electron chi connectivity index (χ0n) is 11.7. The highest BCUT2D eigenvalue weighted by molar-refractivity contribution is 6.05. The van der Waals surface area contributed by atoms with Crippen LogP contribution in [0, 0.1) is 13.8 Å². The Morgan fingerprint density at radius 1 is 1.15 bits per heavy atom. The van der Waals surface area contributed by atoms with Crippen LogP contribution in [-0.4, -0.2) is 18.1 Å². The summed E-state index contributed by atoms with van der Waals surface area (Å²) in [5.41, 5.74) is 3.25. The molecular weight excluding hydrogens is 254 g/mol. The van der Waals surface area contributed by atoms with Gasteiger partial charge in [0.1, 0.15) is 0 Å². The molecule has 0 aliphatic carbocycles. The fraction of sp³-hybridized carbons (Fsp3) is 0.188. The molecule has 4 nitrogen and oxygen atoms in total. The molecule has 0 radical (unpaired) electrons. The Hall–Kier alpha value is -2.49. The number of para-hydroxylation sites is 1. The second kappa shape index (κ2) is 5.65. The van der Waals surface area contributed by atoms with Gasteiger partial charge >= 0.3 is 0 Å². The maximum atomic E-state index is 12.2. The third-order valence-electron chi connectivity index (χ3n) is 3.16. The molecule has 0 aliphatic rings. The van der Waals surface area contributed by atoms with Gasteiger partial charge in [-0.05, 0) is 43.2 Å². The summed E-state index contributed by atoms with van der Waals surface area (Å²) in [7, 11) is 1.45. The summed E-state index contributed by atoms with van der Waals surface area (Å²) in [5.74, 6) is 0.0518. The molecule has 4 heteroatoms. The van der Waals surface area contributed by atoms with Gasteiger partial charge in [0.2, 0.25) is 0 Å². The molecule has 20 heavy (non-hydrogen) atoms. The molecule has 0 saturated carbocycles. The normalized spacial score (nSPS) is 10.2. The summed E-state index contributed by atoms with van der Waals surface area (Å²) in [6.07, 6.45) is 0. The number of benzene rings is 2. The highest BCUT2D eigenvalue weighted by Crippen LogP contribution is 2.27. The molecule has 0 heterocycles. The molecule has 0 bridgehead atoms. The maximum Gasteiger partial charge on any atom is 0.255 e. The number of carbonyl (C=O) groups excluding carboxylic acids is 1. The average molecular weight is 271 g/mol. The number of anilines is 1. The van der Waals surface area contributed by atoms with Crippen molar-refractivity contribution in [3.8, 4) is 11.5 Å². The average Bonchev–Trinajstić information content (AvgIpc) is 2.43. The van der Waals surface area contributed by atoms with Crippen LogP contribution >= 0.6 is 0 Å². The molecule has 0 unspecified atom stereocenters. The lowest BCUT2D eigenvalue weighted by atomic mass is 10.1. The van der Waals surface area contributed by atoms with Crippen LogP contribution in [0.1, 0.15) is 21.5 Å². The first-order valence-corrected chi connectivity index (χ1v) is 6.27. The molecule has 0 aromatic heterocycles. The SMILES string of the molecule is COc1cc(C(=O)Nc2c(C)cccc2C)ccc1O. The standard InChI is InChI=1S/C16H17NO3/c1-10-5-4-6-11(2)15(10)17-16(19)12-7-8-13(18)14(9-12)20-3/h4-9,18H,1-3H3,(H,17,19). The largest absolute Gasteiger partial charge is 0.504 e. The minimum atomic E-state index is -0.235. The van der Waals surface area contributed by atoms with E-state index in [2.05, 4.69) is 5.32 Å². The van der Waals surface area contributed by atoms with Crippen LogP contribution < -0.4 is 10.1 Å². The molecule has 104 valence electrons. The molecular formula is C16H17NO3. The monoisotopic (exact) mass is 271 g/mol. The Morgan fingerprint density at radius 3 is 2.40 bits per heavy atom. The Bertz CT molecular complexity index is 630. The zero-order chi connectivity index (χ0) is 14.7. The number of rotatable bonds is 3. The third-order valence-corrected chi connectivity index (χ3v) is 3.16. The molecule has 2 N–H and O–H groups in total. The smallest absolute Gasteiger partial charge is 0.255 e. The lowest BCUT2D eigenvalue weighted by Crippen LogP contribution is -2.13. The van der Waals surface area contributed by atoms with Gasteiger partial charge in [-0.25, -0.2) is 0 Å². The van der Waals surface area contributed by atoms with Crippen molar-refractivity contribution in [1.82, 2.24) is 0 Å². The van der Waals surface area contributed by atoms with Crippen LogP contribution in [0.2, 0.25) is 0 Å². The van der Waals surface area contributed by atoms with Crippen molar-refractivity contribution in [2.45, 2.75) is 13.8 Å². The summed E-state index contributed by atoms with van der Waals surface area (Å²) in [5, 5.41) is 12.4. The molecule has 0 saturated heterocycles. The molecule has 1 amide bonds. The number of nitrogens with one attached hydrogen (secondary N) is 1. The van der Waals surface area contributed by atoms with Gasteiger partial charge in [-0.15, -0.1) is 0 Å². The van der Waals surface area contributed by atoms with Crippen molar-refractivity contribution in [1.29, 1.82) is 0 Å². The predicted molar refractivity (Wildman–Crippen MR) is 78.5 cm³/mol. The van der Waals surface area contributed by atoms with Gasteiger partial charge < -0.3 is 15.2 Å². The first-order chi connectivity index (χ1) is 9.52. The second-order valence-electron chi connectivity index (χ2n) is 4.61. The van der Waals surface area contributed by atoms with Gasteiger partial charge in [-0.3, -0.25) is 4.79 Å². The van der Waals surface area contributed by atoms with Crippen molar-refractivity contribution in [3.63, 3.8) is 0 Å². The minimum Gasteiger partial charge on any atom is -0.504 e. The van der Waals surface area contributed by atoms with Crippen LogP contribution in [0.3, 0.4) is 0 Å². The highest BCUT2D eigenvalue weighted by Gasteiger charge is 2.12. The Morgan fingerprint density at radius 2 is 1.80 bits per heavy atom. The van der Waals surface area contributed by atoms with Crippen LogP contribution in [0.5, 0.6) is 11.5 Å². The minimum absolute atomic E-state index is 0.0103. The number of amides is 1. The van der Waals surface area contributed by atoms with Crippen molar-refractivity contribution < 1.29 is 14.6 Å². The number of hydrogen-bond acceptors (Lipinski definition) is 3. The van der Waals surface area contributed by atoms with E-state index in [-0.39, 0.29) is 17.4 Å². The summed E-state index contributed by atoms with van der Waals surface area (Å²) in [6, 6.07) is 10.3. The second-order valence-corrected chi connectivity index (χ2v) is 4.61. The highest BCUT2D eigenvalue weighted by atomic mass is 16.5. The Labute approximate surface area is 118 Å². The molecule has 0 atom stereocenters. The van der Waals surface area contributed by atoms with E-state index in [9.17, 15) is 9.90 Å². The molecule has 0 spiro atoms. The van der Waals surface area contributed by atoms with Crippen molar-refractivity contribution in [2.75, 3.05) is 12.4 Å². The topological polar surface area (TPSA) is 58.6 Å². The first kappa shape index (κ1) is 13.9. The summed E-state index contributed by atoms with van der Waals surface area (Å²) < 4.78 is 5.00. The maximum absolute atomic E-state index is 12.2. The number of phenols is 1. The number of ether oxygens (including phenoxy) is 1.